The van der Waals surface area contributed by atoms with E-state index in [2.05, 4.69) is 24.3 Å². The van der Waals surface area contributed by atoms with E-state index < -0.39 is 0 Å². The van der Waals surface area contributed by atoms with Gasteiger partial charge in [-0.1, -0.05) is 19.0 Å². The number of carbonyl (C=O) groups excluding carboxylic acids is 1. The van der Waals surface area contributed by atoms with Crippen LogP contribution < -0.4 is 5.32 Å². The van der Waals surface area contributed by atoms with Crippen molar-refractivity contribution in [3.8, 4) is 0 Å². The molecule has 6 nitrogen and oxygen atoms in total. The van der Waals surface area contributed by atoms with Crippen molar-refractivity contribution < 1.29 is 14.4 Å². The average molecular weight is 323 g/mol. The highest BCUT2D eigenvalue weighted by Crippen LogP contribution is 2.23. The van der Waals surface area contributed by atoms with Gasteiger partial charge >= 0.3 is 6.03 Å². The third-order valence-electron chi connectivity index (χ3n) is 4.90. The summed E-state index contributed by atoms with van der Waals surface area (Å²) >= 11 is 0. The summed E-state index contributed by atoms with van der Waals surface area (Å²) < 4.78 is 5.32. The molecule has 0 aromatic carbocycles. The Kier molecular flexibility index (Phi) is 6.45. The molecule has 0 spiro atoms. The van der Waals surface area contributed by atoms with Crippen LogP contribution in [0.25, 0.3) is 0 Å². The standard InChI is InChI=1S/C17H29N3O3/c1-4-13(5-2)16-10-15(23-19-16)11-18-17(22)20-8-6-14(7-9-20)12(3)21/h10,12-14,21H,4-9,11H2,1-3H3,(H,18,22). The van der Waals surface area contributed by atoms with Gasteiger partial charge in [-0.3, -0.25) is 0 Å². The second-order valence-corrected chi connectivity index (χ2v) is 6.46. The van der Waals surface area contributed by atoms with Gasteiger partial charge in [-0.25, -0.2) is 4.79 Å². The Balaban J connectivity index is 1.79. The van der Waals surface area contributed by atoms with Gasteiger partial charge in [0, 0.05) is 25.1 Å². The van der Waals surface area contributed by atoms with Crippen LogP contribution in [-0.2, 0) is 6.54 Å². The normalized spacial score (nSPS) is 17.5. The molecule has 1 aromatic rings. The number of aliphatic hydroxyl groups is 1. The van der Waals surface area contributed by atoms with Crippen molar-refractivity contribution in [2.45, 2.75) is 65.0 Å². The highest BCUT2D eigenvalue weighted by Gasteiger charge is 2.25. The van der Waals surface area contributed by atoms with Crippen LogP contribution >= 0.6 is 0 Å². The van der Waals surface area contributed by atoms with Gasteiger partial charge in [-0.2, -0.15) is 0 Å². The van der Waals surface area contributed by atoms with Gasteiger partial charge in [-0.05, 0) is 38.5 Å². The molecule has 0 radical (unpaired) electrons. The molecule has 2 heterocycles. The maximum absolute atomic E-state index is 12.2. The molecule has 0 aliphatic carbocycles. The number of nitrogens with zero attached hydrogens (tertiary/aromatic N) is 2. The molecule has 23 heavy (non-hydrogen) atoms. The lowest BCUT2D eigenvalue weighted by Gasteiger charge is -2.33. The van der Waals surface area contributed by atoms with Gasteiger partial charge in [0.05, 0.1) is 18.3 Å². The van der Waals surface area contributed by atoms with Crippen LogP contribution in [-0.4, -0.2) is 40.4 Å². The molecule has 1 unspecified atom stereocenters. The van der Waals surface area contributed by atoms with E-state index in [0.717, 1.165) is 31.4 Å². The largest absolute Gasteiger partial charge is 0.393 e. The molecule has 130 valence electrons. The third kappa shape index (κ3) is 4.70. The summed E-state index contributed by atoms with van der Waals surface area (Å²) in [6.07, 6.45) is 3.48. The van der Waals surface area contributed by atoms with E-state index in [-0.39, 0.29) is 12.1 Å². The predicted molar refractivity (Wildman–Crippen MR) is 88.0 cm³/mol. The number of nitrogens with one attached hydrogen (secondary N) is 1. The Morgan fingerprint density at radius 3 is 2.65 bits per heavy atom. The molecular formula is C17H29N3O3. The Bertz CT molecular complexity index is 489. The maximum Gasteiger partial charge on any atom is 0.317 e. The number of likely N-dealkylation sites (tertiary alicyclic amines) is 1. The molecule has 1 saturated heterocycles. The van der Waals surface area contributed by atoms with Crippen molar-refractivity contribution in [1.29, 1.82) is 0 Å². The molecule has 6 heteroatoms. The van der Waals surface area contributed by atoms with Crippen LogP contribution in [0.4, 0.5) is 4.79 Å². The smallest absolute Gasteiger partial charge is 0.317 e. The fourth-order valence-electron chi connectivity index (χ4n) is 3.17. The van der Waals surface area contributed by atoms with Crippen molar-refractivity contribution in [2.24, 2.45) is 5.92 Å². The summed E-state index contributed by atoms with van der Waals surface area (Å²) in [5, 5.41) is 16.6. The second-order valence-electron chi connectivity index (χ2n) is 6.46. The van der Waals surface area contributed by atoms with Gasteiger partial charge in [0.2, 0.25) is 0 Å². The van der Waals surface area contributed by atoms with E-state index in [0.29, 0.717) is 37.2 Å². The Morgan fingerprint density at radius 1 is 1.43 bits per heavy atom. The molecule has 2 N–H and O–H groups in total. The number of hydrogen-bond donors (Lipinski definition) is 2. The van der Waals surface area contributed by atoms with Crippen LogP contribution in [0, 0.1) is 5.92 Å². The van der Waals surface area contributed by atoms with E-state index >= 15 is 0 Å². The van der Waals surface area contributed by atoms with Crippen LogP contribution in [0.2, 0.25) is 0 Å². The lowest BCUT2D eigenvalue weighted by atomic mass is 9.92. The number of urea groups is 1. The highest BCUT2D eigenvalue weighted by molar-refractivity contribution is 5.74. The molecular weight excluding hydrogens is 294 g/mol. The summed E-state index contributed by atoms with van der Waals surface area (Å²) in [7, 11) is 0. The molecule has 1 atom stereocenters. The fourth-order valence-corrected chi connectivity index (χ4v) is 3.17. The molecule has 1 aromatic heterocycles. The number of aromatic nitrogens is 1. The topological polar surface area (TPSA) is 78.6 Å². The van der Waals surface area contributed by atoms with Gasteiger partial charge in [0.1, 0.15) is 0 Å². The summed E-state index contributed by atoms with van der Waals surface area (Å²) in [5.41, 5.74) is 0.969. The summed E-state index contributed by atoms with van der Waals surface area (Å²) in [6.45, 7) is 7.85. The minimum absolute atomic E-state index is 0.0745. The van der Waals surface area contributed by atoms with Crippen LogP contribution in [0.15, 0.2) is 10.6 Å². The summed E-state index contributed by atoms with van der Waals surface area (Å²) in [5.74, 6) is 1.41. The van der Waals surface area contributed by atoms with Gasteiger partial charge < -0.3 is 19.8 Å². The number of amides is 2. The van der Waals surface area contributed by atoms with Crippen LogP contribution in [0.5, 0.6) is 0 Å². The minimum Gasteiger partial charge on any atom is -0.393 e. The van der Waals surface area contributed by atoms with Crippen LogP contribution in [0.1, 0.15) is 63.8 Å². The first-order valence-electron chi connectivity index (χ1n) is 8.71. The zero-order valence-electron chi connectivity index (χ0n) is 14.4. The molecule has 1 aliphatic heterocycles. The molecule has 0 saturated carbocycles. The highest BCUT2D eigenvalue weighted by atomic mass is 16.5. The zero-order chi connectivity index (χ0) is 16.8. The van der Waals surface area contributed by atoms with Crippen molar-refractivity contribution >= 4 is 6.03 Å². The number of rotatable bonds is 6. The molecule has 1 aliphatic rings. The number of aliphatic hydroxyl groups excluding tert-OH is 1. The summed E-state index contributed by atoms with van der Waals surface area (Å²) in [6, 6.07) is 1.87. The maximum atomic E-state index is 12.2. The average Bonchev–Trinajstić information content (AvgIpc) is 3.02. The summed E-state index contributed by atoms with van der Waals surface area (Å²) in [4.78, 5) is 14.0. The van der Waals surface area contributed by atoms with Gasteiger partial charge in [0.15, 0.2) is 5.76 Å². The van der Waals surface area contributed by atoms with E-state index in [9.17, 15) is 9.90 Å². The van der Waals surface area contributed by atoms with E-state index in [1.807, 2.05) is 13.0 Å². The van der Waals surface area contributed by atoms with Gasteiger partial charge in [-0.15, -0.1) is 0 Å². The van der Waals surface area contributed by atoms with E-state index in [1.54, 1.807) is 4.90 Å². The first kappa shape index (κ1) is 17.8. The monoisotopic (exact) mass is 323 g/mol. The predicted octanol–water partition coefficient (Wildman–Crippen LogP) is 2.88. The quantitative estimate of drug-likeness (QED) is 0.844. The molecule has 0 bridgehead atoms. The Labute approximate surface area is 138 Å². The lowest BCUT2D eigenvalue weighted by Crippen LogP contribution is -2.45. The first-order chi connectivity index (χ1) is 11.0. The number of piperidine rings is 1. The Hall–Kier alpha value is -1.56. The van der Waals surface area contributed by atoms with E-state index in [4.69, 9.17) is 4.52 Å². The van der Waals surface area contributed by atoms with Crippen molar-refractivity contribution in [3.05, 3.63) is 17.5 Å². The van der Waals surface area contributed by atoms with Gasteiger partial charge in [0.25, 0.3) is 0 Å². The van der Waals surface area contributed by atoms with Crippen molar-refractivity contribution in [3.63, 3.8) is 0 Å². The van der Waals surface area contributed by atoms with Crippen molar-refractivity contribution in [2.75, 3.05) is 13.1 Å². The molecule has 1 fully saturated rings. The number of hydrogen-bond acceptors (Lipinski definition) is 4. The fraction of sp³-hybridized carbons (Fsp3) is 0.765. The molecule has 2 rings (SSSR count). The van der Waals surface area contributed by atoms with E-state index in [1.165, 1.54) is 0 Å². The zero-order valence-corrected chi connectivity index (χ0v) is 14.4. The molecule has 2 amide bonds. The second kappa shape index (κ2) is 8.34. The van der Waals surface area contributed by atoms with Crippen molar-refractivity contribution in [1.82, 2.24) is 15.4 Å². The number of carbonyl (C=O) groups is 1. The first-order valence-corrected chi connectivity index (χ1v) is 8.71. The third-order valence-corrected chi connectivity index (χ3v) is 4.90. The lowest BCUT2D eigenvalue weighted by molar-refractivity contribution is 0.0797. The Morgan fingerprint density at radius 2 is 2.09 bits per heavy atom. The SMILES string of the molecule is CCC(CC)c1cc(CNC(=O)N2CCC(C(C)O)CC2)on1. The van der Waals surface area contributed by atoms with Crippen LogP contribution in [0.3, 0.4) is 0 Å². The minimum atomic E-state index is -0.294.